The summed E-state index contributed by atoms with van der Waals surface area (Å²) in [6, 6.07) is 8.64. The summed E-state index contributed by atoms with van der Waals surface area (Å²) in [5.74, 6) is 3.39. The highest BCUT2D eigenvalue weighted by Crippen LogP contribution is 2.53. The molecule has 0 saturated carbocycles. The molecule has 32 heavy (non-hydrogen) atoms. The highest BCUT2D eigenvalue weighted by molar-refractivity contribution is 6.09. The molecule has 0 amide bonds. The number of nitrogens with zero attached hydrogens (tertiary/aromatic N) is 1. The summed E-state index contributed by atoms with van der Waals surface area (Å²) in [4.78, 5) is 35.9. The van der Waals surface area contributed by atoms with Crippen LogP contribution < -0.4 is 0 Å². The summed E-state index contributed by atoms with van der Waals surface area (Å²) < 4.78 is 10.7. The van der Waals surface area contributed by atoms with Gasteiger partial charge in [0.2, 0.25) is 5.78 Å². The Morgan fingerprint density at radius 3 is 1.91 bits per heavy atom. The molecule has 1 saturated heterocycles. The SMILES string of the molecule is CCC1(CC)[C@H](COC(C)=O)[C@@H](COC(C)=O)[C@](C#CC(=O)c2ccccc2)(CC)N1[O]. The highest BCUT2D eigenvalue weighted by Gasteiger charge is 2.65. The molecule has 0 spiro atoms. The van der Waals surface area contributed by atoms with E-state index in [2.05, 4.69) is 11.8 Å². The van der Waals surface area contributed by atoms with Gasteiger partial charge in [0.1, 0.15) is 5.54 Å². The lowest BCUT2D eigenvalue weighted by Crippen LogP contribution is -2.52. The molecule has 0 N–H and O–H groups in total. The number of ketones is 1. The molecular formula is C25H32NO6. The molecule has 7 heteroatoms. The molecule has 2 rings (SSSR count). The molecule has 7 nitrogen and oxygen atoms in total. The van der Waals surface area contributed by atoms with Crippen molar-refractivity contribution in [2.45, 2.75) is 65.0 Å². The second kappa shape index (κ2) is 10.8. The Labute approximate surface area is 190 Å². The average molecular weight is 443 g/mol. The molecule has 1 aromatic carbocycles. The van der Waals surface area contributed by atoms with Crippen LogP contribution in [0.3, 0.4) is 0 Å². The van der Waals surface area contributed by atoms with Crippen LogP contribution in [0.15, 0.2) is 30.3 Å². The second-order valence-corrected chi connectivity index (χ2v) is 8.15. The monoisotopic (exact) mass is 442 g/mol. The molecule has 1 aliphatic heterocycles. The van der Waals surface area contributed by atoms with Crippen LogP contribution in [0.2, 0.25) is 0 Å². The van der Waals surface area contributed by atoms with Gasteiger partial charge in [0, 0.05) is 31.2 Å². The van der Waals surface area contributed by atoms with Crippen molar-refractivity contribution in [1.29, 1.82) is 0 Å². The van der Waals surface area contributed by atoms with Gasteiger partial charge in [0.05, 0.1) is 18.8 Å². The zero-order valence-electron chi connectivity index (χ0n) is 19.5. The molecule has 0 aliphatic carbocycles. The van der Waals surface area contributed by atoms with Crippen LogP contribution in [0.25, 0.3) is 0 Å². The number of Topliss-reactive ketones (excluding diaryl/α,β-unsaturated/α-hetero) is 1. The maximum absolute atomic E-state index is 13.9. The Hall–Kier alpha value is -2.69. The summed E-state index contributed by atoms with van der Waals surface area (Å²) >= 11 is 0. The van der Waals surface area contributed by atoms with E-state index in [0.29, 0.717) is 24.8 Å². The zero-order valence-corrected chi connectivity index (χ0v) is 19.5. The van der Waals surface area contributed by atoms with Crippen LogP contribution in [-0.4, -0.2) is 47.1 Å². The van der Waals surface area contributed by atoms with E-state index < -0.39 is 34.9 Å². The maximum Gasteiger partial charge on any atom is 0.302 e. The molecule has 173 valence electrons. The van der Waals surface area contributed by atoms with Crippen LogP contribution in [0.1, 0.15) is 64.2 Å². The molecule has 3 atom stereocenters. The lowest BCUT2D eigenvalue weighted by molar-refractivity contribution is -0.258. The fourth-order valence-corrected chi connectivity index (χ4v) is 4.87. The zero-order chi connectivity index (χ0) is 23.9. The van der Waals surface area contributed by atoms with E-state index in [-0.39, 0.29) is 19.0 Å². The number of carbonyl (C=O) groups excluding carboxylic acids is 3. The fraction of sp³-hybridized carbons (Fsp3) is 0.560. The third-order valence-corrected chi connectivity index (χ3v) is 6.68. The van der Waals surface area contributed by atoms with E-state index in [4.69, 9.17) is 9.47 Å². The third kappa shape index (κ3) is 4.87. The fourth-order valence-electron chi connectivity index (χ4n) is 4.87. The van der Waals surface area contributed by atoms with E-state index in [1.807, 2.05) is 20.8 Å². The minimum Gasteiger partial charge on any atom is -0.465 e. The van der Waals surface area contributed by atoms with Gasteiger partial charge in [-0.2, -0.15) is 0 Å². The predicted molar refractivity (Wildman–Crippen MR) is 118 cm³/mol. The summed E-state index contributed by atoms with van der Waals surface area (Å²) in [6.45, 7) is 8.23. The molecule has 1 aromatic rings. The van der Waals surface area contributed by atoms with Gasteiger partial charge in [0.15, 0.2) is 0 Å². The number of carbonyl (C=O) groups is 3. The van der Waals surface area contributed by atoms with Crippen LogP contribution in [-0.2, 0) is 24.3 Å². The summed E-state index contributed by atoms with van der Waals surface area (Å²) in [5, 5.41) is 14.9. The lowest BCUT2D eigenvalue weighted by Gasteiger charge is -2.39. The Morgan fingerprint density at radius 2 is 1.44 bits per heavy atom. The molecule has 0 unspecified atom stereocenters. The molecule has 1 fully saturated rings. The van der Waals surface area contributed by atoms with Crippen molar-refractivity contribution < 1.29 is 29.1 Å². The van der Waals surface area contributed by atoms with Gasteiger partial charge in [-0.05, 0) is 25.2 Å². The number of hydrogen-bond acceptors (Lipinski definition) is 6. The molecular weight excluding hydrogens is 410 g/mol. The van der Waals surface area contributed by atoms with Crippen LogP contribution >= 0.6 is 0 Å². The normalized spacial score (nSPS) is 24.3. The predicted octanol–water partition coefficient (Wildman–Crippen LogP) is 3.60. The second-order valence-electron chi connectivity index (χ2n) is 8.15. The lowest BCUT2D eigenvalue weighted by atomic mass is 9.73. The Morgan fingerprint density at radius 1 is 0.906 bits per heavy atom. The Balaban J connectivity index is 2.60. The van der Waals surface area contributed by atoms with Crippen molar-refractivity contribution in [3.8, 4) is 11.8 Å². The summed E-state index contributed by atoms with van der Waals surface area (Å²) in [5.41, 5.74) is -1.70. The first-order chi connectivity index (χ1) is 15.2. The van der Waals surface area contributed by atoms with Crippen molar-refractivity contribution in [2.75, 3.05) is 13.2 Å². The average Bonchev–Trinajstić information content (AvgIpc) is 2.99. The van der Waals surface area contributed by atoms with Gasteiger partial charge in [0.25, 0.3) is 0 Å². The van der Waals surface area contributed by atoms with Crippen molar-refractivity contribution in [2.24, 2.45) is 11.8 Å². The minimum atomic E-state index is -1.27. The largest absolute Gasteiger partial charge is 0.465 e. The first kappa shape index (κ1) is 25.6. The number of esters is 2. The van der Waals surface area contributed by atoms with Crippen LogP contribution in [0, 0.1) is 23.7 Å². The Kier molecular flexibility index (Phi) is 8.59. The smallest absolute Gasteiger partial charge is 0.302 e. The van der Waals surface area contributed by atoms with Crippen LogP contribution in [0.4, 0.5) is 0 Å². The van der Waals surface area contributed by atoms with E-state index >= 15 is 0 Å². The van der Waals surface area contributed by atoms with Crippen molar-refractivity contribution in [3.05, 3.63) is 35.9 Å². The minimum absolute atomic E-state index is 0.0117. The number of hydroxylamine groups is 2. The summed E-state index contributed by atoms with van der Waals surface area (Å²) in [6.07, 6.45) is 1.30. The number of hydrogen-bond donors (Lipinski definition) is 0. The number of ether oxygens (including phenoxy) is 2. The van der Waals surface area contributed by atoms with E-state index in [0.717, 1.165) is 5.06 Å². The van der Waals surface area contributed by atoms with E-state index in [1.54, 1.807) is 30.3 Å². The van der Waals surface area contributed by atoms with E-state index in [9.17, 15) is 19.6 Å². The van der Waals surface area contributed by atoms with Gasteiger partial charge in [-0.3, -0.25) is 14.4 Å². The summed E-state index contributed by atoms with van der Waals surface area (Å²) in [7, 11) is 0. The third-order valence-electron chi connectivity index (χ3n) is 6.68. The van der Waals surface area contributed by atoms with Crippen molar-refractivity contribution in [1.82, 2.24) is 5.06 Å². The topological polar surface area (TPSA) is 92.8 Å². The highest BCUT2D eigenvalue weighted by atomic mass is 16.5. The van der Waals surface area contributed by atoms with Gasteiger partial charge in [-0.15, -0.1) is 10.3 Å². The van der Waals surface area contributed by atoms with Gasteiger partial charge in [-0.1, -0.05) is 57.0 Å². The molecule has 1 radical (unpaired) electrons. The molecule has 0 aromatic heterocycles. The molecule has 0 bridgehead atoms. The molecule has 1 heterocycles. The van der Waals surface area contributed by atoms with Gasteiger partial charge < -0.3 is 9.47 Å². The van der Waals surface area contributed by atoms with Crippen LogP contribution in [0.5, 0.6) is 0 Å². The first-order valence-corrected chi connectivity index (χ1v) is 11.0. The van der Waals surface area contributed by atoms with E-state index in [1.165, 1.54) is 13.8 Å². The first-order valence-electron chi connectivity index (χ1n) is 11.0. The Bertz CT molecular complexity index is 883. The van der Waals surface area contributed by atoms with Gasteiger partial charge >= 0.3 is 11.9 Å². The number of rotatable bonds is 8. The van der Waals surface area contributed by atoms with Gasteiger partial charge in [-0.25, -0.2) is 0 Å². The van der Waals surface area contributed by atoms with Crippen molar-refractivity contribution >= 4 is 17.7 Å². The standard InChI is InChI=1S/C25H32NO6/c1-6-24(7-2)21(16-31-18(4)27)22(17-32-19(5)28)25(8-3,26(24)30)15-14-23(29)20-12-10-9-11-13-20/h9-13,21-22H,6-8,16-17H2,1-5H3/t21-,22-,25-/m1/s1. The quantitative estimate of drug-likeness (QED) is 0.264. The molecule has 1 aliphatic rings. The number of benzene rings is 1. The van der Waals surface area contributed by atoms with Crippen molar-refractivity contribution in [3.63, 3.8) is 0 Å². The maximum atomic E-state index is 13.9.